The average Bonchev–Trinajstić information content (AvgIpc) is 3.38. The van der Waals surface area contributed by atoms with Crippen molar-refractivity contribution < 1.29 is 14.7 Å². The Labute approximate surface area is 191 Å². The summed E-state index contributed by atoms with van der Waals surface area (Å²) < 4.78 is 1.90. The Morgan fingerprint density at radius 2 is 2.00 bits per heavy atom. The van der Waals surface area contributed by atoms with Gasteiger partial charge in [-0.15, -0.1) is 0 Å². The van der Waals surface area contributed by atoms with Gasteiger partial charge in [0.05, 0.1) is 23.8 Å². The molecule has 0 unspecified atom stereocenters. The quantitative estimate of drug-likeness (QED) is 0.594. The molecule has 2 amide bonds. The lowest BCUT2D eigenvalue weighted by Crippen LogP contribution is -2.37. The summed E-state index contributed by atoms with van der Waals surface area (Å²) in [4.78, 5) is 41.1. The summed E-state index contributed by atoms with van der Waals surface area (Å²) in [5.74, 6) is 0.649. The van der Waals surface area contributed by atoms with Crippen molar-refractivity contribution in [2.24, 2.45) is 5.92 Å². The molecular weight excluding hydrogens is 422 g/mol. The highest BCUT2D eigenvalue weighted by molar-refractivity contribution is 6.02. The monoisotopic (exact) mass is 449 g/mol. The third-order valence-corrected chi connectivity index (χ3v) is 6.28. The number of fused-ring (bicyclic) bond motifs is 1. The van der Waals surface area contributed by atoms with Crippen molar-refractivity contribution in [3.8, 4) is 0 Å². The fourth-order valence-corrected chi connectivity index (χ4v) is 4.49. The maximum atomic E-state index is 12.7. The maximum Gasteiger partial charge on any atom is 0.407 e. The number of pyridine rings is 1. The average molecular weight is 450 g/mol. The van der Waals surface area contributed by atoms with Gasteiger partial charge < -0.3 is 24.6 Å². The van der Waals surface area contributed by atoms with Crippen LogP contribution >= 0.6 is 0 Å². The van der Waals surface area contributed by atoms with E-state index in [9.17, 15) is 14.7 Å². The number of nitrogens with one attached hydrogen (secondary N) is 1. The number of anilines is 2. The van der Waals surface area contributed by atoms with Crippen LogP contribution in [-0.2, 0) is 0 Å². The molecular formula is C23H27N7O3. The molecule has 0 bridgehead atoms. The molecule has 1 saturated heterocycles. The van der Waals surface area contributed by atoms with Crippen molar-refractivity contribution in [3.63, 3.8) is 0 Å². The molecule has 4 heterocycles. The molecule has 5 rings (SSSR count). The van der Waals surface area contributed by atoms with Crippen LogP contribution in [0.5, 0.6) is 0 Å². The Balaban J connectivity index is 1.21. The predicted octanol–water partition coefficient (Wildman–Crippen LogP) is 2.96. The van der Waals surface area contributed by atoms with Crippen LogP contribution in [0, 0.1) is 19.8 Å². The first-order valence-electron chi connectivity index (χ1n) is 11.2. The Hall–Kier alpha value is -3.69. The van der Waals surface area contributed by atoms with Gasteiger partial charge in [0.2, 0.25) is 0 Å². The lowest BCUT2D eigenvalue weighted by molar-refractivity contribution is 0.102. The first kappa shape index (κ1) is 21.2. The van der Waals surface area contributed by atoms with E-state index in [1.165, 1.54) is 6.20 Å². The van der Waals surface area contributed by atoms with Crippen LogP contribution in [0.4, 0.5) is 16.3 Å². The molecule has 1 aliphatic carbocycles. The SMILES string of the molecule is Cc1cn2cc(NC(=O)c3cnc(N4CC[C@H](CN(C(=O)O)C5CC5)C4)cn3)cc(C)c2n1. The van der Waals surface area contributed by atoms with Crippen LogP contribution < -0.4 is 10.2 Å². The molecule has 0 spiro atoms. The van der Waals surface area contributed by atoms with Crippen LogP contribution in [0.2, 0.25) is 0 Å². The van der Waals surface area contributed by atoms with Crippen molar-refractivity contribution in [2.45, 2.75) is 39.2 Å². The highest BCUT2D eigenvalue weighted by Gasteiger charge is 2.35. The van der Waals surface area contributed by atoms with Gasteiger partial charge in [0, 0.05) is 38.1 Å². The molecule has 33 heavy (non-hydrogen) atoms. The van der Waals surface area contributed by atoms with Crippen molar-refractivity contribution >= 4 is 29.2 Å². The summed E-state index contributed by atoms with van der Waals surface area (Å²) >= 11 is 0. The molecule has 3 aromatic rings. The molecule has 2 aliphatic rings. The zero-order valence-corrected chi connectivity index (χ0v) is 18.7. The van der Waals surface area contributed by atoms with Crippen LogP contribution in [-0.4, -0.2) is 67.0 Å². The molecule has 10 heteroatoms. The minimum absolute atomic E-state index is 0.191. The summed E-state index contributed by atoms with van der Waals surface area (Å²) in [6.07, 6.45) is 8.85. The van der Waals surface area contributed by atoms with Crippen LogP contribution in [0.15, 0.2) is 30.9 Å². The summed E-state index contributed by atoms with van der Waals surface area (Å²) in [5.41, 5.74) is 3.64. The summed E-state index contributed by atoms with van der Waals surface area (Å²) in [7, 11) is 0. The lowest BCUT2D eigenvalue weighted by Gasteiger charge is -2.23. The highest BCUT2D eigenvalue weighted by Crippen LogP contribution is 2.30. The van der Waals surface area contributed by atoms with Crippen LogP contribution in [0.25, 0.3) is 5.65 Å². The molecule has 2 fully saturated rings. The minimum Gasteiger partial charge on any atom is -0.465 e. The van der Waals surface area contributed by atoms with Gasteiger partial charge in [-0.2, -0.15) is 0 Å². The number of carbonyl (C=O) groups excluding carboxylic acids is 1. The number of hydrogen-bond acceptors (Lipinski definition) is 6. The molecule has 10 nitrogen and oxygen atoms in total. The van der Waals surface area contributed by atoms with Gasteiger partial charge in [-0.3, -0.25) is 4.79 Å². The normalized spacial score (nSPS) is 18.0. The highest BCUT2D eigenvalue weighted by atomic mass is 16.4. The number of aromatic nitrogens is 4. The Morgan fingerprint density at radius 3 is 2.70 bits per heavy atom. The van der Waals surface area contributed by atoms with E-state index in [1.54, 1.807) is 11.1 Å². The van der Waals surface area contributed by atoms with E-state index in [-0.39, 0.29) is 23.6 Å². The number of carboxylic acid groups (broad SMARTS) is 1. The third kappa shape index (κ3) is 4.46. The topological polar surface area (TPSA) is 116 Å². The minimum atomic E-state index is -0.830. The first-order valence-corrected chi connectivity index (χ1v) is 11.2. The van der Waals surface area contributed by atoms with E-state index in [2.05, 4.69) is 25.2 Å². The zero-order chi connectivity index (χ0) is 23.1. The van der Waals surface area contributed by atoms with Crippen molar-refractivity contribution in [1.29, 1.82) is 0 Å². The lowest BCUT2D eigenvalue weighted by atomic mass is 10.1. The van der Waals surface area contributed by atoms with Crippen LogP contribution in [0.3, 0.4) is 0 Å². The third-order valence-electron chi connectivity index (χ3n) is 6.28. The van der Waals surface area contributed by atoms with Gasteiger partial charge in [0.25, 0.3) is 5.91 Å². The second-order valence-electron chi connectivity index (χ2n) is 9.01. The van der Waals surface area contributed by atoms with Gasteiger partial charge in [0.1, 0.15) is 17.2 Å². The molecule has 0 radical (unpaired) electrons. The zero-order valence-electron chi connectivity index (χ0n) is 18.7. The summed E-state index contributed by atoms with van der Waals surface area (Å²) in [5, 5.41) is 12.3. The molecule has 1 saturated carbocycles. The number of aryl methyl sites for hydroxylation is 2. The number of amides is 2. The van der Waals surface area contributed by atoms with Gasteiger partial charge >= 0.3 is 6.09 Å². The molecule has 1 atom stereocenters. The number of imidazole rings is 1. The van der Waals surface area contributed by atoms with E-state index >= 15 is 0 Å². The van der Waals surface area contributed by atoms with Crippen molar-refractivity contribution in [1.82, 2.24) is 24.3 Å². The molecule has 3 aromatic heterocycles. The number of rotatable bonds is 6. The van der Waals surface area contributed by atoms with Crippen molar-refractivity contribution in [2.75, 3.05) is 29.9 Å². The van der Waals surface area contributed by atoms with E-state index in [1.807, 2.05) is 36.7 Å². The Morgan fingerprint density at radius 1 is 1.18 bits per heavy atom. The van der Waals surface area contributed by atoms with E-state index in [4.69, 9.17) is 0 Å². The number of carbonyl (C=O) groups is 2. The predicted molar refractivity (Wildman–Crippen MR) is 123 cm³/mol. The van der Waals surface area contributed by atoms with Gasteiger partial charge in [-0.25, -0.2) is 19.7 Å². The summed E-state index contributed by atoms with van der Waals surface area (Å²) in [6.45, 7) is 5.98. The van der Waals surface area contributed by atoms with E-state index in [0.717, 1.165) is 49.3 Å². The number of nitrogens with zero attached hydrogens (tertiary/aromatic N) is 6. The van der Waals surface area contributed by atoms with E-state index in [0.29, 0.717) is 18.1 Å². The second-order valence-corrected chi connectivity index (χ2v) is 9.01. The first-order chi connectivity index (χ1) is 15.9. The fourth-order valence-electron chi connectivity index (χ4n) is 4.49. The maximum absolute atomic E-state index is 12.7. The number of hydrogen-bond donors (Lipinski definition) is 2. The smallest absolute Gasteiger partial charge is 0.407 e. The standard InChI is InChI=1S/C23H27N7O3/c1-14-7-17(13-29-10-15(2)26-21(14)29)27-22(31)19-8-25-20(9-24-19)28-6-5-16(11-28)12-30(23(32)33)18-3-4-18/h7-10,13,16,18H,3-6,11-12H2,1-2H3,(H,27,31)(H,32,33)/t16-/m0/s1. The largest absolute Gasteiger partial charge is 0.465 e. The Bertz CT molecular complexity index is 1200. The van der Waals surface area contributed by atoms with E-state index < -0.39 is 6.09 Å². The molecule has 1 aliphatic heterocycles. The Kier molecular flexibility index (Phi) is 5.35. The molecule has 172 valence electrons. The van der Waals surface area contributed by atoms with Crippen LogP contribution in [0.1, 0.15) is 41.0 Å². The fraction of sp³-hybridized carbons (Fsp3) is 0.435. The molecule has 0 aromatic carbocycles. The van der Waals surface area contributed by atoms with Gasteiger partial charge in [-0.1, -0.05) is 0 Å². The van der Waals surface area contributed by atoms with Crippen molar-refractivity contribution in [3.05, 3.63) is 47.8 Å². The van der Waals surface area contributed by atoms with Gasteiger partial charge in [0.15, 0.2) is 0 Å². The van der Waals surface area contributed by atoms with Gasteiger partial charge in [-0.05, 0) is 50.7 Å². The molecule has 2 N–H and O–H groups in total. The summed E-state index contributed by atoms with van der Waals surface area (Å²) in [6, 6.07) is 2.07. The second kappa shape index (κ2) is 8.34.